The lowest BCUT2D eigenvalue weighted by atomic mass is 10.00. The summed E-state index contributed by atoms with van der Waals surface area (Å²) in [5, 5.41) is 2.88. The van der Waals surface area contributed by atoms with E-state index in [-0.39, 0.29) is 11.4 Å². The number of benzene rings is 1. The van der Waals surface area contributed by atoms with Crippen LogP contribution < -0.4 is 16.0 Å². The van der Waals surface area contributed by atoms with E-state index in [1.54, 1.807) is 0 Å². The summed E-state index contributed by atoms with van der Waals surface area (Å²) in [6.45, 7) is 6.46. The van der Waals surface area contributed by atoms with Gasteiger partial charge in [-0.1, -0.05) is 0 Å². The van der Waals surface area contributed by atoms with Crippen LogP contribution in [-0.4, -0.2) is 31.2 Å². The van der Waals surface area contributed by atoms with Crippen molar-refractivity contribution in [1.29, 1.82) is 0 Å². The molecule has 0 spiro atoms. The topological polar surface area (TPSA) is 67.6 Å². The van der Waals surface area contributed by atoms with Crippen LogP contribution in [0.1, 0.15) is 19.4 Å². The minimum atomic E-state index is -0.0940. The van der Waals surface area contributed by atoms with Crippen LogP contribution in [0.2, 0.25) is 0 Å². The fourth-order valence-electron chi connectivity index (χ4n) is 2.82. The number of amides is 1. The van der Waals surface area contributed by atoms with Gasteiger partial charge in [-0.05, 0) is 31.5 Å². The Morgan fingerprint density at radius 3 is 2.95 bits per heavy atom. The number of fused-ring (bicyclic) bond motifs is 1. The van der Waals surface area contributed by atoms with Crippen molar-refractivity contribution in [2.45, 2.75) is 25.8 Å². The minimum absolute atomic E-state index is 0.0350. The van der Waals surface area contributed by atoms with E-state index in [0.29, 0.717) is 19.6 Å². The molecule has 2 heterocycles. The van der Waals surface area contributed by atoms with E-state index in [4.69, 9.17) is 10.5 Å². The van der Waals surface area contributed by atoms with Gasteiger partial charge < -0.3 is 20.7 Å². The van der Waals surface area contributed by atoms with Gasteiger partial charge in [-0.25, -0.2) is 0 Å². The van der Waals surface area contributed by atoms with Crippen LogP contribution in [0.15, 0.2) is 12.1 Å². The third kappa shape index (κ3) is 2.04. The standard InChI is InChI=1S/C14H19N3O2/c1-14(2)8-19-4-3-17(14)12-7-11-9(5-10(12)15)6-13(18)16-11/h5,7H,3-4,6,8,15H2,1-2H3,(H,16,18). The largest absolute Gasteiger partial charge is 0.397 e. The van der Waals surface area contributed by atoms with Gasteiger partial charge >= 0.3 is 0 Å². The Morgan fingerprint density at radius 1 is 1.42 bits per heavy atom. The number of nitrogens with two attached hydrogens (primary N) is 1. The number of carbonyl (C=O) groups excluding carboxylic acids is 1. The predicted molar refractivity (Wildman–Crippen MR) is 75.4 cm³/mol. The van der Waals surface area contributed by atoms with Crippen molar-refractivity contribution in [2.24, 2.45) is 0 Å². The molecule has 0 aromatic heterocycles. The third-order valence-electron chi connectivity index (χ3n) is 3.81. The van der Waals surface area contributed by atoms with Gasteiger partial charge in [0, 0.05) is 12.2 Å². The zero-order valence-electron chi connectivity index (χ0n) is 11.3. The summed E-state index contributed by atoms with van der Waals surface area (Å²) in [5.74, 6) is 0.0350. The van der Waals surface area contributed by atoms with Crippen molar-refractivity contribution < 1.29 is 9.53 Å². The molecule has 1 saturated heterocycles. The molecule has 1 amide bonds. The maximum atomic E-state index is 11.4. The van der Waals surface area contributed by atoms with Gasteiger partial charge in [-0.2, -0.15) is 0 Å². The minimum Gasteiger partial charge on any atom is -0.397 e. The Kier molecular flexibility index (Phi) is 2.67. The molecule has 0 saturated carbocycles. The first-order valence-corrected chi connectivity index (χ1v) is 6.55. The van der Waals surface area contributed by atoms with E-state index in [2.05, 4.69) is 24.1 Å². The van der Waals surface area contributed by atoms with E-state index in [9.17, 15) is 4.79 Å². The molecular formula is C14H19N3O2. The smallest absolute Gasteiger partial charge is 0.228 e. The maximum Gasteiger partial charge on any atom is 0.228 e. The number of morpholine rings is 1. The quantitative estimate of drug-likeness (QED) is 0.749. The Labute approximate surface area is 112 Å². The highest BCUT2D eigenvalue weighted by molar-refractivity contribution is 6.01. The molecule has 1 fully saturated rings. The van der Waals surface area contributed by atoms with Crippen molar-refractivity contribution in [1.82, 2.24) is 0 Å². The van der Waals surface area contributed by atoms with Gasteiger partial charge in [0.1, 0.15) is 0 Å². The number of hydrogen-bond acceptors (Lipinski definition) is 4. The summed E-state index contributed by atoms with van der Waals surface area (Å²) in [6.07, 6.45) is 0.423. The molecule has 102 valence electrons. The number of nitrogen functional groups attached to an aromatic ring is 1. The number of nitrogens with one attached hydrogen (secondary N) is 1. The van der Waals surface area contributed by atoms with E-state index >= 15 is 0 Å². The molecule has 0 atom stereocenters. The third-order valence-corrected chi connectivity index (χ3v) is 3.81. The van der Waals surface area contributed by atoms with Crippen LogP contribution in [0.5, 0.6) is 0 Å². The molecule has 3 rings (SSSR count). The molecular weight excluding hydrogens is 242 g/mol. The number of anilines is 3. The van der Waals surface area contributed by atoms with Crippen LogP contribution in [0.3, 0.4) is 0 Å². The zero-order valence-corrected chi connectivity index (χ0v) is 11.3. The van der Waals surface area contributed by atoms with Crippen molar-refractivity contribution in [3.8, 4) is 0 Å². The summed E-state index contributed by atoms with van der Waals surface area (Å²) in [5.41, 5.74) is 9.65. The van der Waals surface area contributed by atoms with E-state index in [1.165, 1.54) is 0 Å². The fraction of sp³-hybridized carbons (Fsp3) is 0.500. The Hall–Kier alpha value is -1.75. The average molecular weight is 261 g/mol. The molecule has 1 aromatic rings. The molecule has 19 heavy (non-hydrogen) atoms. The molecule has 0 unspecified atom stereocenters. The van der Waals surface area contributed by atoms with Gasteiger partial charge in [-0.15, -0.1) is 0 Å². The molecule has 2 aliphatic rings. The SMILES string of the molecule is CC1(C)COCCN1c1cc2c(cc1N)CC(=O)N2. The first-order chi connectivity index (χ1) is 8.97. The van der Waals surface area contributed by atoms with E-state index in [0.717, 1.165) is 29.2 Å². The number of rotatable bonds is 1. The summed E-state index contributed by atoms with van der Waals surface area (Å²) in [6, 6.07) is 3.90. The lowest BCUT2D eigenvalue weighted by Gasteiger charge is -2.44. The molecule has 5 nitrogen and oxygen atoms in total. The van der Waals surface area contributed by atoms with Crippen LogP contribution in [0.25, 0.3) is 0 Å². The summed E-state index contributed by atoms with van der Waals surface area (Å²) in [4.78, 5) is 13.7. The molecule has 0 bridgehead atoms. The van der Waals surface area contributed by atoms with E-state index < -0.39 is 0 Å². The second-order valence-electron chi connectivity index (χ2n) is 5.81. The summed E-state index contributed by atoms with van der Waals surface area (Å²) < 4.78 is 5.53. The van der Waals surface area contributed by atoms with Gasteiger partial charge in [0.15, 0.2) is 0 Å². The molecule has 5 heteroatoms. The lowest BCUT2D eigenvalue weighted by Crippen LogP contribution is -2.53. The lowest BCUT2D eigenvalue weighted by molar-refractivity contribution is -0.115. The van der Waals surface area contributed by atoms with Crippen molar-refractivity contribution >= 4 is 23.0 Å². The first-order valence-electron chi connectivity index (χ1n) is 6.55. The number of hydrogen-bond donors (Lipinski definition) is 2. The number of nitrogens with zero attached hydrogens (tertiary/aromatic N) is 1. The molecule has 0 aliphatic carbocycles. The summed E-state index contributed by atoms with van der Waals surface area (Å²) >= 11 is 0. The highest BCUT2D eigenvalue weighted by Gasteiger charge is 2.32. The Morgan fingerprint density at radius 2 is 2.21 bits per heavy atom. The summed E-state index contributed by atoms with van der Waals surface area (Å²) in [7, 11) is 0. The van der Waals surface area contributed by atoms with Crippen LogP contribution in [0, 0.1) is 0 Å². The van der Waals surface area contributed by atoms with Gasteiger partial charge in [0.05, 0.1) is 36.5 Å². The zero-order chi connectivity index (χ0) is 13.6. The average Bonchev–Trinajstić information content (AvgIpc) is 2.67. The number of ether oxygens (including phenoxy) is 1. The second-order valence-corrected chi connectivity index (χ2v) is 5.81. The Bertz CT molecular complexity index is 540. The fourth-order valence-corrected chi connectivity index (χ4v) is 2.82. The van der Waals surface area contributed by atoms with E-state index in [1.807, 2.05) is 12.1 Å². The molecule has 0 radical (unpaired) electrons. The molecule has 2 aliphatic heterocycles. The Balaban J connectivity index is 2.01. The van der Waals surface area contributed by atoms with Crippen LogP contribution in [-0.2, 0) is 16.0 Å². The first kappa shape index (κ1) is 12.3. The van der Waals surface area contributed by atoms with Gasteiger partial charge in [-0.3, -0.25) is 4.79 Å². The predicted octanol–water partition coefficient (Wildman–Crippen LogP) is 1.38. The van der Waals surface area contributed by atoms with Crippen molar-refractivity contribution in [3.05, 3.63) is 17.7 Å². The maximum absolute atomic E-state index is 11.4. The van der Waals surface area contributed by atoms with Crippen LogP contribution in [0.4, 0.5) is 17.1 Å². The van der Waals surface area contributed by atoms with Crippen LogP contribution >= 0.6 is 0 Å². The van der Waals surface area contributed by atoms with Crippen molar-refractivity contribution in [3.63, 3.8) is 0 Å². The monoisotopic (exact) mass is 261 g/mol. The highest BCUT2D eigenvalue weighted by Crippen LogP contribution is 2.37. The van der Waals surface area contributed by atoms with Gasteiger partial charge in [0.25, 0.3) is 0 Å². The molecule has 3 N–H and O–H groups in total. The molecule has 1 aromatic carbocycles. The van der Waals surface area contributed by atoms with Crippen molar-refractivity contribution in [2.75, 3.05) is 35.7 Å². The second kappa shape index (κ2) is 4.13. The highest BCUT2D eigenvalue weighted by atomic mass is 16.5. The normalized spacial score (nSPS) is 21.2. The van der Waals surface area contributed by atoms with Gasteiger partial charge in [0.2, 0.25) is 5.91 Å². The number of carbonyl (C=O) groups is 1.